The fraction of sp³-hybridized carbons (Fsp3) is 0.806. The summed E-state index contributed by atoms with van der Waals surface area (Å²) in [5.41, 5.74) is 0.730. The second-order valence-corrected chi connectivity index (χ2v) is 12.2. The lowest BCUT2D eigenvalue weighted by Gasteiger charge is -2.46. The van der Waals surface area contributed by atoms with Crippen molar-refractivity contribution in [3.63, 3.8) is 0 Å². The second kappa shape index (κ2) is 17.0. The van der Waals surface area contributed by atoms with Crippen LogP contribution in [0.4, 0.5) is 0 Å². The third-order valence-electron chi connectivity index (χ3n) is 8.66. The number of likely N-dealkylation sites (N-methyl/N-ethyl adjacent to an activating group) is 1. The maximum Gasteiger partial charge on any atom is 0.308 e. The van der Waals surface area contributed by atoms with Gasteiger partial charge in [-0.15, -0.1) is 0 Å². The van der Waals surface area contributed by atoms with Crippen molar-refractivity contribution in [3.8, 4) is 0 Å². The first-order valence-corrected chi connectivity index (χ1v) is 15.1. The summed E-state index contributed by atoms with van der Waals surface area (Å²) in [5, 5.41) is 53.0. The van der Waals surface area contributed by atoms with Crippen LogP contribution in [0.2, 0.25) is 0 Å². The zero-order valence-electron chi connectivity index (χ0n) is 26.1. The highest BCUT2D eigenvalue weighted by atomic mass is 16.7. The van der Waals surface area contributed by atoms with Crippen LogP contribution in [-0.4, -0.2) is 118 Å². The zero-order chi connectivity index (χ0) is 31.7. The molecule has 0 aromatic heterocycles. The first-order valence-electron chi connectivity index (χ1n) is 15.1. The van der Waals surface area contributed by atoms with Crippen molar-refractivity contribution in [2.75, 3.05) is 27.3 Å². The molecule has 11 nitrogen and oxygen atoms in total. The van der Waals surface area contributed by atoms with E-state index in [0.717, 1.165) is 5.57 Å². The Bertz CT molecular complexity index is 923. The molecule has 0 aromatic carbocycles. The van der Waals surface area contributed by atoms with Gasteiger partial charge in [-0.1, -0.05) is 38.5 Å². The van der Waals surface area contributed by atoms with Crippen molar-refractivity contribution in [2.45, 2.75) is 109 Å². The summed E-state index contributed by atoms with van der Waals surface area (Å²) in [6.45, 7) is 8.33. The Morgan fingerprint density at radius 2 is 1.71 bits per heavy atom. The van der Waals surface area contributed by atoms with Gasteiger partial charge in [0.25, 0.3) is 0 Å². The standard InChI is InChI=1S/C31H53NO10/c1-8-25-22(16-34)13-17(2)9-10-23(35)18(3)14-21(11-12-33)30(19(4)24(36)15-26(37)41-25)42-31-29(39)27(32(6)7)28(38)20(5)40-31/h9-10,13,18-22,24-25,27-31,33-34,36,38-39H,8,11-12,14-16H2,1-7H3/b10-9+,17-13+/t18-,19+,20+,21+,22-,24-,25-,27+,28-,29+,30-,31?/m1/s1. The molecule has 0 spiro atoms. The van der Waals surface area contributed by atoms with Gasteiger partial charge in [0, 0.05) is 24.4 Å². The molecule has 0 saturated carbocycles. The summed E-state index contributed by atoms with van der Waals surface area (Å²) in [6, 6.07) is -0.691. The second-order valence-electron chi connectivity index (χ2n) is 12.2. The summed E-state index contributed by atoms with van der Waals surface area (Å²) in [4.78, 5) is 27.8. The molecule has 2 heterocycles. The highest BCUT2D eigenvalue weighted by molar-refractivity contribution is 5.91. The summed E-state index contributed by atoms with van der Waals surface area (Å²) in [6.07, 6.45) is -1.22. The van der Waals surface area contributed by atoms with E-state index in [2.05, 4.69) is 0 Å². The first kappa shape index (κ1) is 36.5. The molecule has 42 heavy (non-hydrogen) atoms. The van der Waals surface area contributed by atoms with Crippen LogP contribution in [0.3, 0.4) is 0 Å². The number of aliphatic hydroxyl groups is 5. The van der Waals surface area contributed by atoms with Crippen LogP contribution < -0.4 is 0 Å². The van der Waals surface area contributed by atoms with E-state index < -0.39 is 78.6 Å². The van der Waals surface area contributed by atoms with Crippen molar-refractivity contribution >= 4 is 11.8 Å². The molecule has 2 aliphatic heterocycles. The predicted octanol–water partition coefficient (Wildman–Crippen LogP) is 1.20. The van der Waals surface area contributed by atoms with Gasteiger partial charge in [-0.2, -0.15) is 0 Å². The molecule has 0 amide bonds. The number of carbonyl (C=O) groups excluding carboxylic acids is 2. The Morgan fingerprint density at radius 3 is 2.29 bits per heavy atom. The van der Waals surface area contributed by atoms with E-state index in [1.165, 1.54) is 6.08 Å². The largest absolute Gasteiger partial charge is 0.462 e. The molecule has 242 valence electrons. The van der Waals surface area contributed by atoms with Gasteiger partial charge in [0.1, 0.15) is 12.2 Å². The molecule has 5 N–H and O–H groups in total. The third kappa shape index (κ3) is 9.65. The van der Waals surface area contributed by atoms with Crippen molar-refractivity contribution in [1.82, 2.24) is 4.90 Å². The molecule has 1 saturated heterocycles. The van der Waals surface area contributed by atoms with E-state index in [9.17, 15) is 35.1 Å². The highest BCUT2D eigenvalue weighted by Crippen LogP contribution is 2.34. The number of ether oxygens (including phenoxy) is 3. The van der Waals surface area contributed by atoms with Crippen LogP contribution in [0.25, 0.3) is 0 Å². The minimum absolute atomic E-state index is 0.137. The van der Waals surface area contributed by atoms with Gasteiger partial charge in [-0.3, -0.25) is 9.59 Å². The Labute approximate surface area is 250 Å². The Morgan fingerprint density at radius 1 is 1.05 bits per heavy atom. The van der Waals surface area contributed by atoms with Gasteiger partial charge in [0.05, 0.1) is 43.5 Å². The van der Waals surface area contributed by atoms with E-state index in [-0.39, 0.29) is 31.8 Å². The summed E-state index contributed by atoms with van der Waals surface area (Å²) in [5.74, 6) is -2.88. The highest BCUT2D eigenvalue weighted by Gasteiger charge is 2.47. The van der Waals surface area contributed by atoms with Crippen molar-refractivity contribution in [2.24, 2.45) is 23.7 Å². The van der Waals surface area contributed by atoms with E-state index >= 15 is 0 Å². The van der Waals surface area contributed by atoms with Gasteiger partial charge < -0.3 is 44.6 Å². The average Bonchev–Trinajstić information content (AvgIpc) is 2.93. The number of rotatable bonds is 7. The van der Waals surface area contributed by atoms with E-state index in [1.807, 2.05) is 6.92 Å². The molecule has 11 heteroatoms. The number of allylic oxidation sites excluding steroid dienone is 3. The molecule has 0 bridgehead atoms. The van der Waals surface area contributed by atoms with E-state index in [1.54, 1.807) is 58.8 Å². The molecular weight excluding hydrogens is 546 g/mol. The third-order valence-corrected chi connectivity index (χ3v) is 8.66. The normalized spacial score (nSPS) is 41.7. The molecule has 0 aliphatic carbocycles. The number of ketones is 1. The number of hydrogen-bond donors (Lipinski definition) is 5. The fourth-order valence-corrected chi connectivity index (χ4v) is 6.02. The van der Waals surface area contributed by atoms with Crippen molar-refractivity contribution < 1.29 is 49.3 Å². The number of hydrogen-bond acceptors (Lipinski definition) is 11. The molecule has 0 radical (unpaired) electrons. The number of cyclic esters (lactones) is 1. The first-order chi connectivity index (χ1) is 19.7. The lowest BCUT2D eigenvalue weighted by molar-refractivity contribution is -0.304. The maximum atomic E-state index is 13.1. The molecule has 12 atom stereocenters. The van der Waals surface area contributed by atoms with Crippen LogP contribution in [0.15, 0.2) is 23.8 Å². The molecule has 2 rings (SSSR count). The van der Waals surface area contributed by atoms with Crippen LogP contribution in [0.1, 0.15) is 60.3 Å². The molecule has 2 aliphatic rings. The summed E-state index contributed by atoms with van der Waals surface area (Å²) in [7, 11) is 3.46. The molecule has 1 unspecified atom stereocenters. The monoisotopic (exact) mass is 599 g/mol. The predicted molar refractivity (Wildman–Crippen MR) is 156 cm³/mol. The number of aliphatic hydroxyl groups excluding tert-OH is 5. The summed E-state index contributed by atoms with van der Waals surface area (Å²) >= 11 is 0. The lowest BCUT2D eigenvalue weighted by Crippen LogP contribution is -2.63. The van der Waals surface area contributed by atoms with Crippen molar-refractivity contribution in [3.05, 3.63) is 23.8 Å². The quantitative estimate of drug-likeness (QED) is 0.267. The maximum absolute atomic E-state index is 13.1. The number of esters is 1. The molecule has 1 fully saturated rings. The lowest BCUT2D eigenvalue weighted by atomic mass is 9.79. The Balaban J connectivity index is 2.51. The SMILES string of the molecule is CC[C@H]1OC(=O)C[C@@H](O)[C@H](C)[C@@H](OC2O[C@@H](C)[C@@H](O)[C@H](N(C)C)[C@@H]2O)[C@@H](CCO)C[C@@H](C)C(=O)/C=C/C(C)=C/[C@@H]1CO. The fourth-order valence-electron chi connectivity index (χ4n) is 6.02. The smallest absolute Gasteiger partial charge is 0.308 e. The minimum atomic E-state index is -1.24. The average molecular weight is 600 g/mol. The Hall–Kier alpha value is -1.70. The topological polar surface area (TPSA) is 166 Å². The van der Waals surface area contributed by atoms with Gasteiger partial charge >= 0.3 is 5.97 Å². The summed E-state index contributed by atoms with van der Waals surface area (Å²) < 4.78 is 18.0. The number of carbonyl (C=O) groups is 2. The minimum Gasteiger partial charge on any atom is -0.462 e. The molecule has 0 aromatic rings. The van der Waals surface area contributed by atoms with Crippen molar-refractivity contribution in [1.29, 1.82) is 0 Å². The zero-order valence-corrected chi connectivity index (χ0v) is 26.1. The van der Waals surface area contributed by atoms with Crippen LogP contribution >= 0.6 is 0 Å². The Kier molecular flexibility index (Phi) is 14.7. The van der Waals surface area contributed by atoms with Gasteiger partial charge in [-0.05, 0) is 59.2 Å². The molecular formula is C31H53NO10. The van der Waals surface area contributed by atoms with Gasteiger partial charge in [-0.25, -0.2) is 0 Å². The van der Waals surface area contributed by atoms with Crippen LogP contribution in [0.5, 0.6) is 0 Å². The van der Waals surface area contributed by atoms with Gasteiger partial charge in [0.15, 0.2) is 12.1 Å². The van der Waals surface area contributed by atoms with Crippen LogP contribution in [-0.2, 0) is 23.8 Å². The van der Waals surface area contributed by atoms with Gasteiger partial charge in [0.2, 0.25) is 0 Å². The number of nitrogens with zero attached hydrogens (tertiary/aromatic N) is 1. The van der Waals surface area contributed by atoms with E-state index in [0.29, 0.717) is 12.8 Å². The van der Waals surface area contributed by atoms with Crippen LogP contribution in [0, 0.1) is 23.7 Å². The van der Waals surface area contributed by atoms with E-state index in [4.69, 9.17) is 14.2 Å².